The smallest absolute Gasteiger partial charge is 0.240 e. The zero-order valence-corrected chi connectivity index (χ0v) is 12.4. The maximum Gasteiger partial charge on any atom is 0.240 e. The van der Waals surface area contributed by atoms with Crippen molar-refractivity contribution in [1.82, 2.24) is 10.2 Å². The van der Waals surface area contributed by atoms with Crippen molar-refractivity contribution < 1.29 is 4.79 Å². The lowest BCUT2D eigenvalue weighted by molar-refractivity contribution is -0.139. The molecule has 0 bridgehead atoms. The van der Waals surface area contributed by atoms with Gasteiger partial charge in [-0.25, -0.2) is 0 Å². The number of hydrogen-bond acceptors (Lipinski definition) is 2. The van der Waals surface area contributed by atoms with Gasteiger partial charge in [-0.05, 0) is 43.1 Å². The van der Waals surface area contributed by atoms with Crippen molar-refractivity contribution in [2.24, 2.45) is 10.8 Å². The number of nitrogens with one attached hydrogen (secondary N) is 1. The fraction of sp³-hybridized carbons (Fsp3) is 0.933. The number of rotatable bonds is 1. The number of amides is 1. The van der Waals surface area contributed by atoms with Crippen LogP contribution in [0.5, 0.6) is 0 Å². The van der Waals surface area contributed by atoms with Gasteiger partial charge in [0.2, 0.25) is 5.91 Å². The lowest BCUT2D eigenvalue weighted by Crippen LogP contribution is -2.58. The summed E-state index contributed by atoms with van der Waals surface area (Å²) < 4.78 is 0. The van der Waals surface area contributed by atoms with E-state index in [9.17, 15) is 4.79 Å². The maximum atomic E-state index is 12.6. The van der Waals surface area contributed by atoms with E-state index in [-0.39, 0.29) is 11.5 Å². The van der Waals surface area contributed by atoms with Gasteiger partial charge in [0, 0.05) is 13.1 Å². The van der Waals surface area contributed by atoms with Crippen LogP contribution >= 0.6 is 0 Å². The normalized spacial score (nSPS) is 31.1. The molecule has 3 nitrogen and oxygen atoms in total. The third-order valence-corrected chi connectivity index (χ3v) is 4.80. The molecule has 18 heavy (non-hydrogen) atoms. The summed E-state index contributed by atoms with van der Waals surface area (Å²) >= 11 is 0. The predicted molar refractivity (Wildman–Crippen MR) is 74.4 cm³/mol. The SMILES string of the molecule is CC1(C)CCN(C(=O)C2NCCCC2(C)C)CC1. The van der Waals surface area contributed by atoms with E-state index in [0.717, 1.165) is 38.9 Å². The van der Waals surface area contributed by atoms with Crippen LogP contribution in [0.15, 0.2) is 0 Å². The van der Waals surface area contributed by atoms with Crippen LogP contribution in [0, 0.1) is 10.8 Å². The molecule has 0 aliphatic carbocycles. The van der Waals surface area contributed by atoms with Gasteiger partial charge < -0.3 is 10.2 Å². The van der Waals surface area contributed by atoms with Gasteiger partial charge in [0.1, 0.15) is 0 Å². The molecule has 0 radical (unpaired) electrons. The van der Waals surface area contributed by atoms with Crippen molar-refractivity contribution in [2.45, 2.75) is 59.4 Å². The largest absolute Gasteiger partial charge is 0.341 e. The van der Waals surface area contributed by atoms with Crippen LogP contribution < -0.4 is 5.32 Å². The van der Waals surface area contributed by atoms with Gasteiger partial charge in [-0.2, -0.15) is 0 Å². The number of piperidine rings is 2. The highest BCUT2D eigenvalue weighted by molar-refractivity contribution is 5.83. The molecule has 1 unspecified atom stereocenters. The Labute approximate surface area is 111 Å². The Morgan fingerprint density at radius 3 is 2.28 bits per heavy atom. The Balaban J connectivity index is 1.99. The second-order valence-electron chi connectivity index (χ2n) is 7.47. The standard InChI is InChI=1S/C15H28N2O/c1-14(2)7-10-17(11-8-14)13(18)12-15(3,4)6-5-9-16-12/h12,16H,5-11H2,1-4H3. The fourth-order valence-electron chi connectivity index (χ4n) is 3.15. The molecule has 1 N–H and O–H groups in total. The molecule has 1 atom stereocenters. The van der Waals surface area contributed by atoms with E-state index in [1.807, 2.05) is 0 Å². The van der Waals surface area contributed by atoms with E-state index in [1.54, 1.807) is 0 Å². The Kier molecular flexibility index (Phi) is 3.72. The van der Waals surface area contributed by atoms with Gasteiger partial charge in [-0.3, -0.25) is 4.79 Å². The van der Waals surface area contributed by atoms with Gasteiger partial charge in [0.25, 0.3) is 0 Å². The fourth-order valence-corrected chi connectivity index (χ4v) is 3.15. The van der Waals surface area contributed by atoms with Gasteiger partial charge >= 0.3 is 0 Å². The van der Waals surface area contributed by atoms with Crippen LogP contribution in [-0.4, -0.2) is 36.5 Å². The molecule has 1 amide bonds. The second kappa shape index (κ2) is 4.84. The summed E-state index contributed by atoms with van der Waals surface area (Å²) in [5.74, 6) is 0.329. The monoisotopic (exact) mass is 252 g/mol. The zero-order chi connectivity index (χ0) is 13.4. The molecule has 2 aliphatic heterocycles. The minimum atomic E-state index is 0.0208. The molecular weight excluding hydrogens is 224 g/mol. The van der Waals surface area contributed by atoms with Gasteiger partial charge in [0.05, 0.1) is 6.04 Å². The third-order valence-electron chi connectivity index (χ3n) is 4.80. The molecule has 2 rings (SSSR count). The molecule has 0 aromatic heterocycles. The summed E-state index contributed by atoms with van der Waals surface area (Å²) in [7, 11) is 0. The van der Waals surface area contributed by atoms with Crippen LogP contribution in [0.4, 0.5) is 0 Å². The van der Waals surface area contributed by atoms with E-state index in [2.05, 4.69) is 37.9 Å². The quantitative estimate of drug-likeness (QED) is 0.777. The molecular formula is C15H28N2O. The summed E-state index contributed by atoms with van der Waals surface area (Å²) in [5, 5.41) is 3.44. The molecule has 2 saturated heterocycles. The number of carbonyl (C=O) groups excluding carboxylic acids is 1. The molecule has 0 aromatic carbocycles. The number of likely N-dealkylation sites (tertiary alicyclic amines) is 1. The Morgan fingerprint density at radius 1 is 1.11 bits per heavy atom. The highest BCUT2D eigenvalue weighted by atomic mass is 16.2. The maximum absolute atomic E-state index is 12.6. The van der Waals surface area contributed by atoms with Crippen LogP contribution in [0.25, 0.3) is 0 Å². The van der Waals surface area contributed by atoms with Crippen LogP contribution in [0.3, 0.4) is 0 Å². The van der Waals surface area contributed by atoms with Crippen molar-refractivity contribution in [3.63, 3.8) is 0 Å². The summed E-state index contributed by atoms with van der Waals surface area (Å²) in [4.78, 5) is 14.7. The summed E-state index contributed by atoms with van der Waals surface area (Å²) in [6.07, 6.45) is 4.59. The highest BCUT2D eigenvalue weighted by Gasteiger charge is 2.40. The zero-order valence-electron chi connectivity index (χ0n) is 12.4. The van der Waals surface area contributed by atoms with Crippen LogP contribution in [0.2, 0.25) is 0 Å². The van der Waals surface area contributed by atoms with Gasteiger partial charge in [0.15, 0.2) is 0 Å². The lowest BCUT2D eigenvalue weighted by Gasteiger charge is -2.43. The number of nitrogens with zero attached hydrogens (tertiary/aromatic N) is 1. The first kappa shape index (κ1) is 13.9. The summed E-state index contributed by atoms with van der Waals surface area (Å²) in [6, 6.07) is 0.0208. The van der Waals surface area contributed by atoms with E-state index in [1.165, 1.54) is 6.42 Å². The first-order valence-electron chi connectivity index (χ1n) is 7.34. The van der Waals surface area contributed by atoms with Gasteiger partial charge in [-0.15, -0.1) is 0 Å². The lowest BCUT2D eigenvalue weighted by atomic mass is 9.76. The number of carbonyl (C=O) groups is 1. The first-order valence-corrected chi connectivity index (χ1v) is 7.34. The molecule has 0 spiro atoms. The summed E-state index contributed by atoms with van der Waals surface area (Å²) in [6.45, 7) is 11.9. The Morgan fingerprint density at radius 2 is 1.72 bits per heavy atom. The van der Waals surface area contributed by atoms with Crippen molar-refractivity contribution in [3.8, 4) is 0 Å². The minimum absolute atomic E-state index is 0.0208. The highest BCUT2D eigenvalue weighted by Crippen LogP contribution is 2.34. The molecule has 2 fully saturated rings. The van der Waals surface area contributed by atoms with Crippen molar-refractivity contribution in [2.75, 3.05) is 19.6 Å². The van der Waals surface area contributed by atoms with E-state index >= 15 is 0 Å². The van der Waals surface area contributed by atoms with Crippen molar-refractivity contribution in [3.05, 3.63) is 0 Å². The predicted octanol–water partition coefficient (Wildman–Crippen LogP) is 2.41. The van der Waals surface area contributed by atoms with Crippen LogP contribution in [-0.2, 0) is 4.79 Å². The molecule has 3 heteroatoms. The molecule has 104 valence electrons. The van der Waals surface area contributed by atoms with Crippen molar-refractivity contribution in [1.29, 1.82) is 0 Å². The topological polar surface area (TPSA) is 32.3 Å². The van der Waals surface area contributed by atoms with Gasteiger partial charge in [-0.1, -0.05) is 27.7 Å². The number of hydrogen-bond donors (Lipinski definition) is 1. The van der Waals surface area contributed by atoms with Crippen LogP contribution in [0.1, 0.15) is 53.4 Å². The van der Waals surface area contributed by atoms with E-state index in [4.69, 9.17) is 0 Å². The molecule has 0 aromatic rings. The second-order valence-corrected chi connectivity index (χ2v) is 7.47. The Bertz CT molecular complexity index is 312. The molecule has 2 aliphatic rings. The first-order chi connectivity index (χ1) is 8.32. The minimum Gasteiger partial charge on any atom is -0.341 e. The Hall–Kier alpha value is -0.570. The summed E-state index contributed by atoms with van der Waals surface area (Å²) in [5.41, 5.74) is 0.509. The average molecular weight is 252 g/mol. The van der Waals surface area contributed by atoms with E-state index < -0.39 is 0 Å². The molecule has 0 saturated carbocycles. The molecule has 2 heterocycles. The van der Waals surface area contributed by atoms with Crippen molar-refractivity contribution >= 4 is 5.91 Å². The van der Waals surface area contributed by atoms with E-state index in [0.29, 0.717) is 11.3 Å². The third kappa shape index (κ3) is 2.87. The average Bonchev–Trinajstić information content (AvgIpc) is 2.27.